The highest BCUT2D eigenvalue weighted by atomic mass is 32.1. The van der Waals surface area contributed by atoms with Crippen molar-refractivity contribution in [2.24, 2.45) is 5.92 Å². The van der Waals surface area contributed by atoms with Gasteiger partial charge in [-0.15, -0.1) is 11.3 Å². The van der Waals surface area contributed by atoms with Gasteiger partial charge in [-0.25, -0.2) is 4.98 Å². The lowest BCUT2D eigenvalue weighted by atomic mass is 9.93. The second-order valence-electron chi connectivity index (χ2n) is 7.37. The van der Waals surface area contributed by atoms with Crippen molar-refractivity contribution < 1.29 is 14.3 Å². The van der Waals surface area contributed by atoms with Crippen LogP contribution in [0.4, 0.5) is 5.95 Å². The molecule has 1 aliphatic rings. The first-order valence-corrected chi connectivity index (χ1v) is 11.1. The van der Waals surface area contributed by atoms with Gasteiger partial charge in [0.2, 0.25) is 11.9 Å². The first-order chi connectivity index (χ1) is 15.2. The van der Waals surface area contributed by atoms with Crippen molar-refractivity contribution in [3.63, 3.8) is 0 Å². The largest absolute Gasteiger partial charge is 0.465 e. The second kappa shape index (κ2) is 8.00. The molecule has 0 unspecified atom stereocenters. The number of aromatic nitrogens is 2. The van der Waals surface area contributed by atoms with Crippen LogP contribution in [0.3, 0.4) is 0 Å². The van der Waals surface area contributed by atoms with Gasteiger partial charge in [-0.3, -0.25) is 19.1 Å². The highest BCUT2D eigenvalue weighted by molar-refractivity contribution is 7.10. The van der Waals surface area contributed by atoms with Crippen LogP contribution in [0.25, 0.3) is 11.0 Å². The third-order valence-corrected chi connectivity index (χ3v) is 6.45. The highest BCUT2D eigenvalue weighted by Gasteiger charge is 2.48. The molecule has 6 nitrogen and oxygen atoms in total. The Bertz CT molecular complexity index is 1230. The maximum absolute atomic E-state index is 13.8. The minimum atomic E-state index is -0.979. The van der Waals surface area contributed by atoms with Gasteiger partial charge in [0.05, 0.1) is 30.2 Å². The number of hydrogen-bond acceptors (Lipinski definition) is 5. The van der Waals surface area contributed by atoms with Crippen LogP contribution in [-0.2, 0) is 20.9 Å². The maximum Gasteiger partial charge on any atom is 0.321 e. The Kier molecular flexibility index (Phi) is 5.03. The number of nitrogens with zero attached hydrogens (tertiary/aromatic N) is 3. The molecule has 2 aromatic carbocycles. The molecule has 1 amide bonds. The van der Waals surface area contributed by atoms with Crippen molar-refractivity contribution in [1.29, 1.82) is 0 Å². The monoisotopic (exact) mass is 431 g/mol. The van der Waals surface area contributed by atoms with E-state index in [1.165, 1.54) is 11.3 Å². The molecule has 156 valence electrons. The minimum absolute atomic E-state index is 0.218. The zero-order valence-corrected chi connectivity index (χ0v) is 17.8. The Morgan fingerprint density at radius 3 is 2.58 bits per heavy atom. The normalized spacial score (nSPS) is 18.2. The molecule has 0 spiro atoms. The number of benzene rings is 2. The molecule has 2 atom stereocenters. The fourth-order valence-corrected chi connectivity index (χ4v) is 5.03. The fourth-order valence-electron chi connectivity index (χ4n) is 4.17. The van der Waals surface area contributed by atoms with Gasteiger partial charge in [0.25, 0.3) is 0 Å². The zero-order valence-electron chi connectivity index (χ0n) is 17.0. The second-order valence-corrected chi connectivity index (χ2v) is 8.35. The quantitative estimate of drug-likeness (QED) is 0.347. The summed E-state index contributed by atoms with van der Waals surface area (Å²) in [5.41, 5.74) is 2.64. The van der Waals surface area contributed by atoms with E-state index in [-0.39, 0.29) is 12.5 Å². The molecule has 0 saturated carbocycles. The van der Waals surface area contributed by atoms with Crippen molar-refractivity contribution in [3.05, 3.63) is 82.6 Å². The summed E-state index contributed by atoms with van der Waals surface area (Å²) in [6.45, 7) is 2.30. The number of hydrogen-bond donors (Lipinski definition) is 0. The standard InChI is InChI=1S/C24H21N3O3S/c1-2-30-23(29)20-21(19-13-8-14-31-19)27-18-12-7-6-11-17(18)25-24(27)26(22(20)28)15-16-9-4-3-5-10-16/h3-14,20-21H,2,15H2,1H3/t20-,21-/m0/s1. The summed E-state index contributed by atoms with van der Waals surface area (Å²) < 4.78 is 7.39. The number of carbonyl (C=O) groups excluding carboxylic acids is 2. The summed E-state index contributed by atoms with van der Waals surface area (Å²) in [7, 11) is 0. The third-order valence-electron chi connectivity index (χ3n) is 5.50. The molecule has 0 radical (unpaired) electrons. The van der Waals surface area contributed by atoms with E-state index in [1.54, 1.807) is 11.8 Å². The van der Waals surface area contributed by atoms with Crippen LogP contribution in [-0.4, -0.2) is 28.0 Å². The molecule has 4 aromatic rings. The highest BCUT2D eigenvalue weighted by Crippen LogP contribution is 2.43. The molecule has 31 heavy (non-hydrogen) atoms. The van der Waals surface area contributed by atoms with E-state index in [0.29, 0.717) is 12.5 Å². The average molecular weight is 432 g/mol. The summed E-state index contributed by atoms with van der Waals surface area (Å²) >= 11 is 1.52. The third kappa shape index (κ3) is 3.31. The van der Waals surface area contributed by atoms with E-state index in [1.807, 2.05) is 76.7 Å². The Morgan fingerprint density at radius 2 is 1.84 bits per heavy atom. The number of imidazole rings is 1. The topological polar surface area (TPSA) is 64.4 Å². The van der Waals surface area contributed by atoms with E-state index >= 15 is 0 Å². The summed E-state index contributed by atoms with van der Waals surface area (Å²) in [6.07, 6.45) is 0. The van der Waals surface area contributed by atoms with Crippen LogP contribution in [0.2, 0.25) is 0 Å². The maximum atomic E-state index is 13.8. The summed E-state index contributed by atoms with van der Waals surface area (Å²) in [6, 6.07) is 20.9. The lowest BCUT2D eigenvalue weighted by Crippen LogP contribution is -2.49. The number of amides is 1. The van der Waals surface area contributed by atoms with Crippen LogP contribution in [0.1, 0.15) is 23.4 Å². The van der Waals surface area contributed by atoms with Crippen LogP contribution < -0.4 is 4.90 Å². The first-order valence-electron chi connectivity index (χ1n) is 10.2. The number of anilines is 1. The van der Waals surface area contributed by atoms with E-state index in [2.05, 4.69) is 0 Å². The predicted molar refractivity (Wildman–Crippen MR) is 120 cm³/mol. The van der Waals surface area contributed by atoms with Gasteiger partial charge in [0.15, 0.2) is 5.92 Å². The van der Waals surface area contributed by atoms with Gasteiger partial charge in [-0.1, -0.05) is 48.5 Å². The summed E-state index contributed by atoms with van der Waals surface area (Å²) in [4.78, 5) is 34.2. The molecule has 0 aliphatic carbocycles. The van der Waals surface area contributed by atoms with E-state index in [9.17, 15) is 9.59 Å². The SMILES string of the molecule is CCOC(=O)[C@@H]1C(=O)N(Cc2ccccc2)c2nc3ccccc3n2[C@H]1c1cccs1. The molecule has 1 aliphatic heterocycles. The molecular formula is C24H21N3O3S. The number of esters is 1. The van der Waals surface area contributed by atoms with E-state index < -0.39 is 17.9 Å². The van der Waals surface area contributed by atoms with Gasteiger partial charge in [-0.2, -0.15) is 0 Å². The number of carbonyl (C=O) groups is 2. The van der Waals surface area contributed by atoms with E-state index in [0.717, 1.165) is 21.5 Å². The molecule has 5 rings (SSSR count). The van der Waals surface area contributed by atoms with Gasteiger partial charge in [-0.05, 0) is 36.1 Å². The number of ether oxygens (including phenoxy) is 1. The summed E-state index contributed by atoms with van der Waals surface area (Å²) in [5.74, 6) is -1.22. The van der Waals surface area contributed by atoms with Crippen LogP contribution in [0.5, 0.6) is 0 Å². The smallest absolute Gasteiger partial charge is 0.321 e. The molecule has 7 heteroatoms. The number of rotatable bonds is 5. The molecule has 0 bridgehead atoms. The molecule has 0 N–H and O–H groups in total. The number of thiophene rings is 1. The lowest BCUT2D eigenvalue weighted by Gasteiger charge is -2.37. The lowest BCUT2D eigenvalue weighted by molar-refractivity contribution is -0.153. The Labute approximate surface area is 183 Å². The van der Waals surface area contributed by atoms with Crippen molar-refractivity contribution in [2.75, 3.05) is 11.5 Å². The molecule has 0 fully saturated rings. The minimum Gasteiger partial charge on any atom is -0.465 e. The Hall–Kier alpha value is -3.45. The van der Waals surface area contributed by atoms with Crippen LogP contribution >= 0.6 is 11.3 Å². The van der Waals surface area contributed by atoms with Gasteiger partial charge >= 0.3 is 5.97 Å². The van der Waals surface area contributed by atoms with Gasteiger partial charge in [0.1, 0.15) is 0 Å². The van der Waals surface area contributed by atoms with Crippen molar-refractivity contribution in [3.8, 4) is 0 Å². The van der Waals surface area contributed by atoms with Crippen molar-refractivity contribution in [2.45, 2.75) is 19.5 Å². The molecule has 0 saturated heterocycles. The summed E-state index contributed by atoms with van der Waals surface area (Å²) in [5, 5.41) is 1.96. The molecule has 3 heterocycles. The van der Waals surface area contributed by atoms with Crippen LogP contribution in [0.15, 0.2) is 72.1 Å². The Morgan fingerprint density at radius 1 is 1.06 bits per heavy atom. The zero-order chi connectivity index (χ0) is 21.4. The number of fused-ring (bicyclic) bond motifs is 3. The van der Waals surface area contributed by atoms with Gasteiger partial charge in [0, 0.05) is 4.88 Å². The predicted octanol–water partition coefficient (Wildman–Crippen LogP) is 4.41. The fraction of sp³-hybridized carbons (Fsp3) is 0.208. The molecule has 2 aromatic heterocycles. The molecular weight excluding hydrogens is 410 g/mol. The van der Waals surface area contributed by atoms with Gasteiger partial charge < -0.3 is 4.74 Å². The van der Waals surface area contributed by atoms with Crippen LogP contribution in [0, 0.1) is 5.92 Å². The van der Waals surface area contributed by atoms with E-state index in [4.69, 9.17) is 9.72 Å². The first kappa shape index (κ1) is 19.5. The average Bonchev–Trinajstić information content (AvgIpc) is 3.44. The Balaban J connectivity index is 1.74. The van der Waals surface area contributed by atoms with Crippen molar-refractivity contribution >= 4 is 40.2 Å². The van der Waals surface area contributed by atoms with Crippen molar-refractivity contribution in [1.82, 2.24) is 9.55 Å². The number of para-hydroxylation sites is 2.